The largest absolute Gasteiger partial charge is 0.361 e. The molecule has 2 N–H and O–H groups in total. The minimum atomic E-state index is 0.960. The molecule has 0 fully saturated rings. The molecular weight excluding hydrogens is 204 g/mol. The van der Waals surface area contributed by atoms with Gasteiger partial charge in [0.1, 0.15) is 0 Å². The van der Waals surface area contributed by atoms with Gasteiger partial charge in [0.05, 0.1) is 0 Å². The molecule has 0 saturated carbocycles. The van der Waals surface area contributed by atoms with Crippen molar-refractivity contribution in [3.63, 3.8) is 0 Å². The van der Waals surface area contributed by atoms with Crippen LogP contribution in [-0.4, -0.2) is 23.5 Å². The van der Waals surface area contributed by atoms with Gasteiger partial charge in [0.2, 0.25) is 0 Å². The Balaban J connectivity index is 1.96. The van der Waals surface area contributed by atoms with Gasteiger partial charge in [-0.3, -0.25) is 0 Å². The molecule has 1 heterocycles. The molecule has 0 radical (unpaired) electrons. The van der Waals surface area contributed by atoms with Gasteiger partial charge < -0.3 is 10.3 Å². The molecular formula is C12H16N2S. The molecule has 2 nitrogen and oxygen atoms in total. The lowest BCUT2D eigenvalue weighted by molar-refractivity contribution is 0.733. The number of hydrogen-bond donors (Lipinski definition) is 2. The van der Waals surface area contributed by atoms with Crippen LogP contribution in [-0.2, 0) is 6.54 Å². The molecule has 1 aromatic heterocycles. The summed E-state index contributed by atoms with van der Waals surface area (Å²) in [7, 11) is 0. The van der Waals surface area contributed by atoms with E-state index in [1.165, 1.54) is 22.2 Å². The summed E-state index contributed by atoms with van der Waals surface area (Å²) in [6, 6.07) is 8.66. The summed E-state index contributed by atoms with van der Waals surface area (Å²) < 4.78 is 0. The topological polar surface area (TPSA) is 27.8 Å². The normalized spacial score (nSPS) is 11.0. The summed E-state index contributed by atoms with van der Waals surface area (Å²) in [6.07, 6.45) is 4.11. The molecule has 15 heavy (non-hydrogen) atoms. The van der Waals surface area contributed by atoms with E-state index in [2.05, 4.69) is 40.8 Å². The van der Waals surface area contributed by atoms with E-state index in [9.17, 15) is 0 Å². The third-order valence-electron chi connectivity index (χ3n) is 2.43. The maximum atomic E-state index is 3.43. The molecule has 0 amide bonds. The average molecular weight is 220 g/mol. The van der Waals surface area contributed by atoms with Gasteiger partial charge in [-0.2, -0.15) is 11.8 Å². The Morgan fingerprint density at radius 1 is 1.33 bits per heavy atom. The Hall–Kier alpha value is -0.930. The summed E-state index contributed by atoms with van der Waals surface area (Å²) >= 11 is 1.87. The minimum absolute atomic E-state index is 0.960. The molecule has 0 aliphatic heterocycles. The lowest BCUT2D eigenvalue weighted by Gasteiger charge is -2.03. The third-order valence-corrected chi connectivity index (χ3v) is 3.04. The quantitative estimate of drug-likeness (QED) is 0.758. The Morgan fingerprint density at radius 2 is 2.27 bits per heavy atom. The zero-order valence-electron chi connectivity index (χ0n) is 8.92. The second-order valence-corrected chi connectivity index (χ2v) is 4.55. The van der Waals surface area contributed by atoms with Gasteiger partial charge in [-0.1, -0.05) is 6.07 Å². The number of aromatic nitrogens is 1. The third kappa shape index (κ3) is 2.76. The van der Waals surface area contributed by atoms with Crippen molar-refractivity contribution < 1.29 is 0 Å². The van der Waals surface area contributed by atoms with Crippen molar-refractivity contribution in [1.82, 2.24) is 10.3 Å². The number of thioether (sulfide) groups is 1. The van der Waals surface area contributed by atoms with Gasteiger partial charge in [0, 0.05) is 30.6 Å². The number of fused-ring (bicyclic) bond motifs is 1. The van der Waals surface area contributed by atoms with E-state index in [-0.39, 0.29) is 0 Å². The van der Waals surface area contributed by atoms with Crippen LogP contribution < -0.4 is 5.32 Å². The van der Waals surface area contributed by atoms with Crippen LogP contribution in [0, 0.1) is 0 Å². The molecule has 0 aliphatic rings. The monoisotopic (exact) mass is 220 g/mol. The number of nitrogens with one attached hydrogen (secondary N) is 2. The van der Waals surface area contributed by atoms with E-state index in [0.29, 0.717) is 0 Å². The highest BCUT2D eigenvalue weighted by Crippen LogP contribution is 2.13. The van der Waals surface area contributed by atoms with Crippen LogP contribution in [0.3, 0.4) is 0 Å². The van der Waals surface area contributed by atoms with E-state index in [1.54, 1.807) is 0 Å². The Kier molecular flexibility index (Phi) is 3.69. The first-order chi connectivity index (χ1) is 7.40. The zero-order valence-corrected chi connectivity index (χ0v) is 9.73. The number of rotatable bonds is 5. The van der Waals surface area contributed by atoms with Crippen LogP contribution in [0.1, 0.15) is 5.56 Å². The first-order valence-corrected chi connectivity index (χ1v) is 6.55. The Labute approximate surface area is 94.5 Å². The predicted molar refractivity (Wildman–Crippen MR) is 68.4 cm³/mol. The first-order valence-electron chi connectivity index (χ1n) is 5.16. The van der Waals surface area contributed by atoms with Crippen molar-refractivity contribution in [2.24, 2.45) is 0 Å². The van der Waals surface area contributed by atoms with Crippen molar-refractivity contribution >= 4 is 22.7 Å². The molecule has 0 bridgehead atoms. The van der Waals surface area contributed by atoms with Crippen LogP contribution in [0.25, 0.3) is 10.9 Å². The lowest BCUT2D eigenvalue weighted by atomic mass is 10.1. The standard InChI is InChI=1S/C12H16N2S/c1-15-7-6-13-9-10-2-3-12-11(8-10)4-5-14-12/h2-5,8,13-14H,6-7,9H2,1H3. The molecule has 3 heteroatoms. The van der Waals surface area contributed by atoms with Crippen molar-refractivity contribution in [3.8, 4) is 0 Å². The van der Waals surface area contributed by atoms with E-state index >= 15 is 0 Å². The van der Waals surface area contributed by atoms with E-state index in [0.717, 1.165) is 13.1 Å². The summed E-state index contributed by atoms with van der Waals surface area (Å²) in [5, 5.41) is 4.72. The van der Waals surface area contributed by atoms with Crippen LogP contribution in [0.5, 0.6) is 0 Å². The van der Waals surface area contributed by atoms with Crippen LogP contribution >= 0.6 is 11.8 Å². The molecule has 0 aliphatic carbocycles. The molecule has 2 rings (SSSR count). The second-order valence-electron chi connectivity index (χ2n) is 3.57. The van der Waals surface area contributed by atoms with E-state index in [4.69, 9.17) is 0 Å². The van der Waals surface area contributed by atoms with Gasteiger partial charge in [-0.15, -0.1) is 0 Å². The van der Waals surface area contributed by atoms with Crippen molar-refractivity contribution in [1.29, 1.82) is 0 Å². The molecule has 0 unspecified atom stereocenters. The lowest BCUT2D eigenvalue weighted by Crippen LogP contribution is -2.16. The maximum absolute atomic E-state index is 3.43. The number of aromatic amines is 1. The highest BCUT2D eigenvalue weighted by molar-refractivity contribution is 7.98. The summed E-state index contributed by atoms with van der Waals surface area (Å²) in [4.78, 5) is 3.20. The maximum Gasteiger partial charge on any atom is 0.0454 e. The van der Waals surface area contributed by atoms with Gasteiger partial charge in [0.25, 0.3) is 0 Å². The molecule has 1 aromatic carbocycles. The van der Waals surface area contributed by atoms with Gasteiger partial charge in [0.15, 0.2) is 0 Å². The fourth-order valence-corrected chi connectivity index (χ4v) is 1.97. The summed E-state index contributed by atoms with van der Waals surface area (Å²) in [5.74, 6) is 1.17. The van der Waals surface area contributed by atoms with Gasteiger partial charge in [-0.05, 0) is 35.4 Å². The highest BCUT2D eigenvalue weighted by atomic mass is 32.2. The van der Waals surface area contributed by atoms with Crippen LogP contribution in [0.15, 0.2) is 30.5 Å². The second kappa shape index (κ2) is 5.24. The molecule has 80 valence electrons. The Bertz CT molecular complexity index is 422. The molecule has 0 saturated heterocycles. The van der Waals surface area contributed by atoms with Gasteiger partial charge in [-0.25, -0.2) is 0 Å². The van der Waals surface area contributed by atoms with Crippen molar-refractivity contribution in [2.75, 3.05) is 18.6 Å². The van der Waals surface area contributed by atoms with Crippen molar-refractivity contribution in [3.05, 3.63) is 36.0 Å². The molecule has 0 atom stereocenters. The Morgan fingerprint density at radius 3 is 3.13 bits per heavy atom. The molecule has 0 spiro atoms. The number of H-pyrrole nitrogens is 1. The summed E-state index contributed by atoms with van der Waals surface area (Å²) in [5.41, 5.74) is 2.56. The minimum Gasteiger partial charge on any atom is -0.361 e. The van der Waals surface area contributed by atoms with E-state index in [1.807, 2.05) is 18.0 Å². The fraction of sp³-hybridized carbons (Fsp3) is 0.333. The first kappa shape index (κ1) is 10.6. The van der Waals surface area contributed by atoms with Crippen molar-refractivity contribution in [2.45, 2.75) is 6.54 Å². The average Bonchev–Trinajstić information content (AvgIpc) is 2.71. The highest BCUT2D eigenvalue weighted by Gasteiger charge is 1.96. The summed E-state index contributed by atoms with van der Waals surface area (Å²) in [6.45, 7) is 2.04. The van der Waals surface area contributed by atoms with Crippen LogP contribution in [0.4, 0.5) is 0 Å². The number of benzene rings is 1. The van der Waals surface area contributed by atoms with Crippen LogP contribution in [0.2, 0.25) is 0 Å². The van der Waals surface area contributed by atoms with E-state index < -0.39 is 0 Å². The van der Waals surface area contributed by atoms with Gasteiger partial charge >= 0.3 is 0 Å². The SMILES string of the molecule is CSCCNCc1ccc2[nH]ccc2c1. The zero-order chi connectivity index (χ0) is 10.5. The fourth-order valence-electron chi connectivity index (χ4n) is 1.62. The predicted octanol–water partition coefficient (Wildman–Crippen LogP) is 2.62. The number of hydrogen-bond acceptors (Lipinski definition) is 2. The molecule has 2 aromatic rings. The smallest absolute Gasteiger partial charge is 0.0454 e.